The van der Waals surface area contributed by atoms with E-state index < -0.39 is 4.92 Å². The summed E-state index contributed by atoms with van der Waals surface area (Å²) in [5.74, 6) is 0.214. The Hall–Kier alpha value is -3.34. The number of fused-ring (bicyclic) bond motifs is 1. The average Bonchev–Trinajstić information content (AvgIpc) is 2.70. The summed E-state index contributed by atoms with van der Waals surface area (Å²) in [4.78, 5) is 23.7. The van der Waals surface area contributed by atoms with Crippen molar-refractivity contribution in [2.75, 3.05) is 10.6 Å². The molecule has 0 radical (unpaired) electrons. The van der Waals surface area contributed by atoms with Crippen molar-refractivity contribution in [3.05, 3.63) is 80.8 Å². The Kier molecular flexibility index (Phi) is 4.98. The summed E-state index contributed by atoms with van der Waals surface area (Å²) in [6, 6.07) is 16.7. The number of hydrogen-bond acceptors (Lipinski definition) is 7. The van der Waals surface area contributed by atoms with Gasteiger partial charge in [0.25, 0.3) is 0 Å². The minimum absolute atomic E-state index is 0.101. The molecule has 0 spiro atoms. The Balaban J connectivity index is 1.74. The van der Waals surface area contributed by atoms with Crippen molar-refractivity contribution >= 4 is 62.2 Å². The van der Waals surface area contributed by atoms with E-state index in [0.717, 1.165) is 14.5 Å². The molecule has 0 amide bonds. The van der Waals surface area contributed by atoms with Crippen LogP contribution < -0.4 is 10.6 Å². The molecule has 4 rings (SSSR count). The fraction of sp³-hybridized carbons (Fsp3) is 0. The molecule has 2 aromatic carbocycles. The summed E-state index contributed by atoms with van der Waals surface area (Å²) in [7, 11) is 0. The number of nitrogens with zero attached hydrogens (tertiary/aromatic N) is 4. The minimum atomic E-state index is -0.499. The molecule has 4 aromatic rings. The van der Waals surface area contributed by atoms with E-state index in [-0.39, 0.29) is 17.3 Å². The van der Waals surface area contributed by atoms with Gasteiger partial charge in [-0.3, -0.25) is 15.1 Å². The van der Waals surface area contributed by atoms with E-state index in [4.69, 9.17) is 0 Å². The predicted octanol–water partition coefficient (Wildman–Crippen LogP) is 5.02. The number of rotatable bonds is 5. The van der Waals surface area contributed by atoms with E-state index in [1.54, 1.807) is 6.20 Å². The molecule has 138 valence electrons. The fourth-order valence-electron chi connectivity index (χ4n) is 2.74. The van der Waals surface area contributed by atoms with Gasteiger partial charge in [0.1, 0.15) is 6.33 Å². The first kappa shape index (κ1) is 18.0. The van der Waals surface area contributed by atoms with Crippen molar-refractivity contribution in [1.29, 1.82) is 0 Å². The summed E-state index contributed by atoms with van der Waals surface area (Å²) < 4.78 is 1.06. The fourth-order valence-corrected chi connectivity index (χ4v) is 3.10. The molecule has 2 aromatic heterocycles. The van der Waals surface area contributed by atoms with E-state index in [1.807, 2.05) is 54.6 Å². The Morgan fingerprint density at radius 3 is 2.39 bits per heavy atom. The minimum Gasteiger partial charge on any atom is -0.334 e. The van der Waals surface area contributed by atoms with Gasteiger partial charge in [-0.05, 0) is 71.1 Å². The van der Waals surface area contributed by atoms with Crippen LogP contribution in [0, 0.1) is 13.7 Å². The zero-order valence-electron chi connectivity index (χ0n) is 14.3. The lowest BCUT2D eigenvalue weighted by molar-refractivity contribution is -0.383. The third kappa shape index (κ3) is 3.69. The molecule has 2 N–H and O–H groups in total. The van der Waals surface area contributed by atoms with Gasteiger partial charge in [-0.15, -0.1) is 0 Å². The summed E-state index contributed by atoms with van der Waals surface area (Å²) in [6.07, 6.45) is 2.98. The molecule has 0 saturated carbocycles. The largest absolute Gasteiger partial charge is 0.353 e. The van der Waals surface area contributed by atoms with E-state index in [0.29, 0.717) is 11.4 Å². The molecule has 0 unspecified atom stereocenters. The Labute approximate surface area is 173 Å². The van der Waals surface area contributed by atoms with Crippen LogP contribution in [0.3, 0.4) is 0 Å². The van der Waals surface area contributed by atoms with Crippen molar-refractivity contribution < 1.29 is 4.92 Å². The second kappa shape index (κ2) is 7.72. The topological polar surface area (TPSA) is 106 Å². The molecule has 0 saturated heterocycles. The SMILES string of the molecule is O=[N+]([O-])c1c(Nc2ccc(I)cc2)ncnc1Nc1cccc2ncccc12. The number of nitrogens with one attached hydrogen (secondary N) is 2. The van der Waals surface area contributed by atoms with E-state index in [2.05, 4.69) is 48.2 Å². The van der Waals surface area contributed by atoms with E-state index in [9.17, 15) is 10.1 Å². The quantitative estimate of drug-likeness (QED) is 0.233. The van der Waals surface area contributed by atoms with Crippen LogP contribution in [0.25, 0.3) is 10.9 Å². The van der Waals surface area contributed by atoms with Crippen LogP contribution in [0.15, 0.2) is 67.1 Å². The second-order valence-corrected chi connectivity index (χ2v) is 7.05. The molecule has 0 bridgehead atoms. The molecule has 0 aliphatic rings. The Morgan fingerprint density at radius 2 is 1.64 bits per heavy atom. The van der Waals surface area contributed by atoms with E-state index in [1.165, 1.54) is 6.33 Å². The smallest absolute Gasteiger partial charge is 0.334 e. The molecular weight excluding hydrogens is 471 g/mol. The van der Waals surface area contributed by atoms with Crippen LogP contribution in [-0.2, 0) is 0 Å². The van der Waals surface area contributed by atoms with Crippen LogP contribution in [0.2, 0.25) is 0 Å². The highest BCUT2D eigenvalue weighted by molar-refractivity contribution is 14.1. The number of nitro groups is 1. The maximum Gasteiger partial charge on any atom is 0.353 e. The molecule has 0 aliphatic carbocycles. The Bertz CT molecular complexity index is 1160. The molecular formula is C19H13IN6O2. The lowest BCUT2D eigenvalue weighted by atomic mass is 10.2. The second-order valence-electron chi connectivity index (χ2n) is 5.81. The van der Waals surface area contributed by atoms with Crippen LogP contribution in [0.1, 0.15) is 0 Å². The zero-order chi connectivity index (χ0) is 19.5. The van der Waals surface area contributed by atoms with Gasteiger partial charge in [0.05, 0.1) is 10.4 Å². The highest BCUT2D eigenvalue weighted by Crippen LogP contribution is 2.34. The van der Waals surface area contributed by atoms with Gasteiger partial charge in [0.15, 0.2) is 0 Å². The first-order valence-corrected chi connectivity index (χ1v) is 9.32. The molecule has 0 aliphatic heterocycles. The van der Waals surface area contributed by atoms with Crippen molar-refractivity contribution in [3.8, 4) is 0 Å². The number of pyridine rings is 1. The number of anilines is 4. The van der Waals surface area contributed by atoms with Gasteiger partial charge in [0, 0.05) is 26.5 Å². The van der Waals surface area contributed by atoms with Crippen molar-refractivity contribution in [2.24, 2.45) is 0 Å². The summed E-state index contributed by atoms with van der Waals surface area (Å²) >= 11 is 2.19. The maximum atomic E-state index is 11.8. The summed E-state index contributed by atoms with van der Waals surface area (Å²) in [5, 5.41) is 18.7. The van der Waals surface area contributed by atoms with Crippen molar-refractivity contribution in [1.82, 2.24) is 15.0 Å². The van der Waals surface area contributed by atoms with Gasteiger partial charge >= 0.3 is 5.69 Å². The average molecular weight is 484 g/mol. The first-order chi connectivity index (χ1) is 13.6. The van der Waals surface area contributed by atoms with Gasteiger partial charge in [-0.1, -0.05) is 6.07 Å². The monoisotopic (exact) mass is 484 g/mol. The van der Waals surface area contributed by atoms with Crippen LogP contribution in [0.5, 0.6) is 0 Å². The summed E-state index contributed by atoms with van der Waals surface area (Å²) in [6.45, 7) is 0. The lowest BCUT2D eigenvalue weighted by Crippen LogP contribution is -2.05. The number of hydrogen-bond donors (Lipinski definition) is 2. The lowest BCUT2D eigenvalue weighted by Gasteiger charge is -2.11. The molecule has 0 atom stereocenters. The zero-order valence-corrected chi connectivity index (χ0v) is 16.5. The van der Waals surface area contributed by atoms with Gasteiger partial charge in [-0.25, -0.2) is 9.97 Å². The van der Waals surface area contributed by atoms with Crippen LogP contribution in [0.4, 0.5) is 28.7 Å². The van der Waals surface area contributed by atoms with E-state index >= 15 is 0 Å². The highest BCUT2D eigenvalue weighted by Gasteiger charge is 2.23. The Morgan fingerprint density at radius 1 is 0.893 bits per heavy atom. The molecule has 8 nitrogen and oxygen atoms in total. The third-order valence-corrected chi connectivity index (χ3v) is 4.73. The molecule has 0 fully saturated rings. The number of benzene rings is 2. The van der Waals surface area contributed by atoms with Gasteiger partial charge in [0.2, 0.25) is 11.6 Å². The van der Waals surface area contributed by atoms with Crippen molar-refractivity contribution in [2.45, 2.75) is 0 Å². The molecule has 28 heavy (non-hydrogen) atoms. The van der Waals surface area contributed by atoms with Gasteiger partial charge in [-0.2, -0.15) is 0 Å². The van der Waals surface area contributed by atoms with Crippen LogP contribution >= 0.6 is 22.6 Å². The number of halogens is 1. The normalized spacial score (nSPS) is 10.6. The third-order valence-electron chi connectivity index (χ3n) is 4.01. The molecule has 9 heteroatoms. The predicted molar refractivity (Wildman–Crippen MR) is 116 cm³/mol. The first-order valence-electron chi connectivity index (χ1n) is 8.24. The van der Waals surface area contributed by atoms with Gasteiger partial charge < -0.3 is 10.6 Å². The van der Waals surface area contributed by atoms with Crippen molar-refractivity contribution in [3.63, 3.8) is 0 Å². The standard InChI is InChI=1S/C19H13IN6O2/c20-12-6-8-13(9-7-12)24-18-17(26(27)28)19(23-11-22-18)25-16-5-1-4-15-14(16)3-2-10-21-15/h1-11H,(H2,22,23,24,25). The van der Waals surface area contributed by atoms with Crippen LogP contribution in [-0.4, -0.2) is 19.9 Å². The molecule has 2 heterocycles. The maximum absolute atomic E-state index is 11.8. The summed E-state index contributed by atoms with van der Waals surface area (Å²) in [5.41, 5.74) is 1.92. The number of aromatic nitrogens is 3. The highest BCUT2D eigenvalue weighted by atomic mass is 127.